The topological polar surface area (TPSA) is 21.3 Å². The van der Waals surface area contributed by atoms with Crippen LogP contribution in [0.2, 0.25) is 0 Å². The molecule has 0 radical (unpaired) electrons. The Kier molecular flexibility index (Phi) is 4.04. The Morgan fingerprint density at radius 2 is 1.75 bits per heavy atom. The highest BCUT2D eigenvalue weighted by atomic mass is 32.2. The maximum absolute atomic E-state index is 6.21. The van der Waals surface area contributed by atoms with Gasteiger partial charge in [-0.25, -0.2) is 0 Å². The van der Waals surface area contributed by atoms with Crippen molar-refractivity contribution >= 4 is 11.8 Å². The largest absolute Gasteiger partial charge is 0.375 e. The van der Waals surface area contributed by atoms with E-state index < -0.39 is 0 Å². The zero-order chi connectivity index (χ0) is 13.4. The lowest BCUT2D eigenvalue weighted by molar-refractivity contribution is -0.0935. The van der Waals surface area contributed by atoms with E-state index in [1.54, 1.807) is 0 Å². The minimum absolute atomic E-state index is 0.246. The second kappa shape index (κ2) is 5.81. The number of hydrogen-bond acceptors (Lipinski definition) is 3. The first-order chi connectivity index (χ1) is 9.85. The minimum Gasteiger partial charge on any atom is -0.375 e. The molecule has 0 aromatic rings. The van der Waals surface area contributed by atoms with Crippen molar-refractivity contribution in [3.05, 3.63) is 0 Å². The molecule has 1 N–H and O–H groups in total. The van der Waals surface area contributed by atoms with Crippen LogP contribution in [0.4, 0.5) is 0 Å². The normalized spacial score (nSPS) is 33.8. The van der Waals surface area contributed by atoms with Crippen molar-refractivity contribution in [1.82, 2.24) is 5.32 Å². The van der Waals surface area contributed by atoms with E-state index in [2.05, 4.69) is 17.1 Å². The van der Waals surface area contributed by atoms with Crippen LogP contribution in [0, 0.1) is 17.8 Å². The molecule has 0 bridgehead atoms. The van der Waals surface area contributed by atoms with Gasteiger partial charge in [0.05, 0.1) is 5.60 Å². The molecule has 2 aliphatic carbocycles. The molecule has 2 aliphatic heterocycles. The fraction of sp³-hybridized carbons (Fsp3) is 1.00. The Morgan fingerprint density at radius 1 is 1.05 bits per heavy atom. The quantitative estimate of drug-likeness (QED) is 0.839. The SMILES string of the molecule is C1CC(NCC(C2CC2)C2CC2)CC2(CCSCC2)O1. The average Bonchev–Trinajstić information content (AvgIpc) is 3.34. The molecule has 1 atom stereocenters. The summed E-state index contributed by atoms with van der Waals surface area (Å²) in [6, 6.07) is 0.729. The molecule has 2 heterocycles. The van der Waals surface area contributed by atoms with Crippen molar-refractivity contribution in [2.75, 3.05) is 24.7 Å². The van der Waals surface area contributed by atoms with Gasteiger partial charge in [0.2, 0.25) is 0 Å². The lowest BCUT2D eigenvalue weighted by atomic mass is 9.85. The van der Waals surface area contributed by atoms with Crippen molar-refractivity contribution in [2.45, 2.75) is 63.0 Å². The van der Waals surface area contributed by atoms with Gasteiger partial charge in [-0.2, -0.15) is 11.8 Å². The number of hydrogen-bond donors (Lipinski definition) is 1. The van der Waals surface area contributed by atoms with Crippen molar-refractivity contribution < 1.29 is 4.74 Å². The number of thioether (sulfide) groups is 1. The van der Waals surface area contributed by atoms with E-state index in [4.69, 9.17) is 4.74 Å². The second-order valence-electron chi connectivity index (χ2n) is 7.58. The Hall–Kier alpha value is 0.270. The molecule has 0 aromatic heterocycles. The maximum atomic E-state index is 6.21. The van der Waals surface area contributed by atoms with Gasteiger partial charge >= 0.3 is 0 Å². The average molecular weight is 295 g/mol. The van der Waals surface area contributed by atoms with E-state index in [1.807, 2.05) is 0 Å². The minimum atomic E-state index is 0.246. The van der Waals surface area contributed by atoms with E-state index >= 15 is 0 Å². The number of nitrogens with one attached hydrogen (secondary N) is 1. The van der Waals surface area contributed by atoms with Crippen LogP contribution in [-0.4, -0.2) is 36.3 Å². The maximum Gasteiger partial charge on any atom is 0.0713 e. The van der Waals surface area contributed by atoms with Gasteiger partial charge in [0.25, 0.3) is 0 Å². The van der Waals surface area contributed by atoms with Crippen LogP contribution < -0.4 is 5.32 Å². The molecule has 0 aromatic carbocycles. The molecule has 114 valence electrons. The Bertz CT molecular complexity index is 316. The molecule has 1 unspecified atom stereocenters. The van der Waals surface area contributed by atoms with Gasteiger partial charge in [-0.1, -0.05) is 0 Å². The van der Waals surface area contributed by atoms with Gasteiger partial charge in [0.1, 0.15) is 0 Å². The third-order valence-electron chi connectivity index (χ3n) is 5.99. The van der Waals surface area contributed by atoms with E-state index in [0.29, 0.717) is 0 Å². The molecule has 2 saturated heterocycles. The zero-order valence-electron chi connectivity index (χ0n) is 12.6. The summed E-state index contributed by atoms with van der Waals surface area (Å²) in [7, 11) is 0. The summed E-state index contributed by atoms with van der Waals surface area (Å²) in [6.07, 6.45) is 11.1. The summed E-state index contributed by atoms with van der Waals surface area (Å²) < 4.78 is 6.21. The zero-order valence-corrected chi connectivity index (χ0v) is 13.4. The molecule has 4 rings (SSSR count). The molecule has 4 fully saturated rings. The molecule has 3 heteroatoms. The van der Waals surface area contributed by atoms with Gasteiger partial charge in [-0.3, -0.25) is 0 Å². The molecule has 0 amide bonds. The highest BCUT2D eigenvalue weighted by Gasteiger charge is 2.42. The molecular weight excluding hydrogens is 266 g/mol. The Morgan fingerprint density at radius 3 is 2.40 bits per heavy atom. The summed E-state index contributed by atoms with van der Waals surface area (Å²) in [6.45, 7) is 2.28. The first kappa shape index (κ1) is 13.9. The molecule has 1 spiro atoms. The van der Waals surface area contributed by atoms with Crippen LogP contribution in [0.5, 0.6) is 0 Å². The predicted octanol–water partition coefficient (Wildman–Crippen LogP) is 3.46. The van der Waals surface area contributed by atoms with Crippen LogP contribution in [0.1, 0.15) is 51.4 Å². The van der Waals surface area contributed by atoms with Gasteiger partial charge in [0, 0.05) is 12.6 Å². The van der Waals surface area contributed by atoms with Crippen LogP contribution in [0.3, 0.4) is 0 Å². The molecule has 2 saturated carbocycles. The highest BCUT2D eigenvalue weighted by molar-refractivity contribution is 7.99. The molecule has 4 aliphatic rings. The lowest BCUT2D eigenvalue weighted by Gasteiger charge is -2.43. The lowest BCUT2D eigenvalue weighted by Crippen LogP contribution is -2.49. The van der Waals surface area contributed by atoms with Crippen molar-refractivity contribution in [1.29, 1.82) is 0 Å². The summed E-state index contributed by atoms with van der Waals surface area (Å²) in [5, 5.41) is 3.95. The summed E-state index contributed by atoms with van der Waals surface area (Å²) in [5.41, 5.74) is 0.246. The van der Waals surface area contributed by atoms with Gasteiger partial charge in [-0.05, 0) is 87.2 Å². The van der Waals surface area contributed by atoms with E-state index in [9.17, 15) is 0 Å². The van der Waals surface area contributed by atoms with Gasteiger partial charge < -0.3 is 10.1 Å². The molecule has 2 nitrogen and oxygen atoms in total. The van der Waals surface area contributed by atoms with Crippen LogP contribution >= 0.6 is 11.8 Å². The molecular formula is C17H29NOS. The predicted molar refractivity (Wildman–Crippen MR) is 85.2 cm³/mol. The van der Waals surface area contributed by atoms with E-state index in [-0.39, 0.29) is 5.60 Å². The smallest absolute Gasteiger partial charge is 0.0713 e. The summed E-state index contributed by atoms with van der Waals surface area (Å²) >= 11 is 2.11. The first-order valence-electron chi connectivity index (χ1n) is 8.80. The third-order valence-corrected chi connectivity index (χ3v) is 6.98. The van der Waals surface area contributed by atoms with Crippen molar-refractivity contribution in [3.63, 3.8) is 0 Å². The second-order valence-corrected chi connectivity index (χ2v) is 8.81. The van der Waals surface area contributed by atoms with Crippen molar-refractivity contribution in [3.8, 4) is 0 Å². The standard InChI is InChI=1S/C17H29NOS/c1-2-13(1)16(14-3-4-14)12-18-15-5-8-19-17(11-15)6-9-20-10-7-17/h13-16,18H,1-12H2. The van der Waals surface area contributed by atoms with Crippen LogP contribution in [0.15, 0.2) is 0 Å². The summed E-state index contributed by atoms with van der Waals surface area (Å²) in [5.74, 6) is 5.78. The van der Waals surface area contributed by atoms with Crippen LogP contribution in [-0.2, 0) is 4.74 Å². The Balaban J connectivity index is 1.29. The fourth-order valence-electron chi connectivity index (χ4n) is 4.36. The van der Waals surface area contributed by atoms with Gasteiger partial charge in [0.15, 0.2) is 0 Å². The van der Waals surface area contributed by atoms with E-state index in [0.717, 1.165) is 30.4 Å². The number of rotatable bonds is 5. The summed E-state index contributed by atoms with van der Waals surface area (Å²) in [4.78, 5) is 0. The van der Waals surface area contributed by atoms with Gasteiger partial charge in [-0.15, -0.1) is 0 Å². The Labute approximate surface area is 127 Å². The van der Waals surface area contributed by atoms with Crippen molar-refractivity contribution in [2.24, 2.45) is 17.8 Å². The monoisotopic (exact) mass is 295 g/mol. The van der Waals surface area contributed by atoms with E-state index in [1.165, 1.54) is 69.4 Å². The third kappa shape index (κ3) is 3.20. The molecule has 20 heavy (non-hydrogen) atoms. The van der Waals surface area contributed by atoms with Crippen LogP contribution in [0.25, 0.3) is 0 Å². The fourth-order valence-corrected chi connectivity index (χ4v) is 5.60. The number of ether oxygens (including phenoxy) is 1. The first-order valence-corrected chi connectivity index (χ1v) is 9.95. The highest BCUT2D eigenvalue weighted by Crippen LogP contribution is 2.49.